The van der Waals surface area contributed by atoms with Gasteiger partial charge in [-0.3, -0.25) is 4.79 Å². The number of carbonyl (C=O) groups excluding carboxylic acids is 1. The van der Waals surface area contributed by atoms with Crippen molar-refractivity contribution in [2.45, 2.75) is 20.4 Å². The summed E-state index contributed by atoms with van der Waals surface area (Å²) < 4.78 is 10.5. The lowest BCUT2D eigenvalue weighted by Crippen LogP contribution is -2.26. The maximum Gasteiger partial charge on any atom is 0.250 e. The van der Waals surface area contributed by atoms with Crippen molar-refractivity contribution < 1.29 is 14.3 Å². The van der Waals surface area contributed by atoms with Crippen molar-refractivity contribution in [3.05, 3.63) is 34.9 Å². The van der Waals surface area contributed by atoms with Crippen LogP contribution in [0.1, 0.15) is 19.4 Å². The van der Waals surface area contributed by atoms with E-state index in [4.69, 9.17) is 9.47 Å². The number of hydrogen-bond acceptors (Lipinski definition) is 3. The van der Waals surface area contributed by atoms with Crippen molar-refractivity contribution in [3.8, 4) is 11.5 Å². The third kappa shape index (κ3) is 2.72. The summed E-state index contributed by atoms with van der Waals surface area (Å²) in [5, 5.41) is 0. The molecule has 0 atom stereocenters. The summed E-state index contributed by atoms with van der Waals surface area (Å²) in [7, 11) is 3.24. The van der Waals surface area contributed by atoms with Crippen LogP contribution in [-0.4, -0.2) is 31.6 Å². The summed E-state index contributed by atoms with van der Waals surface area (Å²) in [6.45, 7) is 5.15. The van der Waals surface area contributed by atoms with Gasteiger partial charge in [-0.05, 0) is 37.1 Å². The normalized spacial score (nSPS) is 15.2. The van der Waals surface area contributed by atoms with Gasteiger partial charge in [-0.1, -0.05) is 0 Å². The maximum atomic E-state index is 12.0. The Bertz CT molecular complexity index is 512. The van der Waals surface area contributed by atoms with Crippen molar-refractivity contribution in [2.75, 3.05) is 20.8 Å². The highest BCUT2D eigenvalue weighted by Crippen LogP contribution is 2.26. The molecule has 0 aromatic heterocycles. The summed E-state index contributed by atoms with van der Waals surface area (Å²) in [5.74, 6) is 1.59. The molecule has 1 aliphatic heterocycles. The molecule has 1 aromatic rings. The van der Waals surface area contributed by atoms with E-state index in [1.54, 1.807) is 14.2 Å². The summed E-state index contributed by atoms with van der Waals surface area (Å²) in [5.41, 5.74) is 3.00. The van der Waals surface area contributed by atoms with E-state index in [2.05, 4.69) is 0 Å². The lowest BCUT2D eigenvalue weighted by atomic mass is 10.2. The van der Waals surface area contributed by atoms with E-state index in [0.29, 0.717) is 13.1 Å². The summed E-state index contributed by atoms with van der Waals surface area (Å²) in [6, 6.07) is 5.68. The Labute approximate surface area is 113 Å². The van der Waals surface area contributed by atoms with Gasteiger partial charge in [0.05, 0.1) is 14.2 Å². The number of nitrogens with zero attached hydrogens (tertiary/aromatic N) is 1. The van der Waals surface area contributed by atoms with E-state index in [1.165, 1.54) is 0 Å². The fourth-order valence-electron chi connectivity index (χ4n) is 2.20. The minimum Gasteiger partial charge on any atom is -0.497 e. The SMILES string of the molecule is COc1cc(CN2CC(C)=C(C)C2=O)cc(OC)c1. The predicted molar refractivity (Wildman–Crippen MR) is 73.3 cm³/mol. The molecule has 1 heterocycles. The first-order chi connectivity index (χ1) is 9.05. The van der Waals surface area contributed by atoms with Gasteiger partial charge in [-0.25, -0.2) is 0 Å². The molecule has 0 unspecified atom stereocenters. The zero-order chi connectivity index (χ0) is 14.0. The summed E-state index contributed by atoms with van der Waals surface area (Å²) in [6.07, 6.45) is 0. The Balaban J connectivity index is 2.18. The van der Waals surface area contributed by atoms with E-state index in [9.17, 15) is 4.79 Å². The largest absolute Gasteiger partial charge is 0.497 e. The standard InChI is InChI=1S/C15H19NO3/c1-10-8-16(15(17)11(10)2)9-12-5-13(18-3)7-14(6-12)19-4/h5-7H,8-9H2,1-4H3. The number of hydrogen-bond donors (Lipinski definition) is 0. The fourth-order valence-corrected chi connectivity index (χ4v) is 2.20. The maximum absolute atomic E-state index is 12.0. The Morgan fingerprint density at radius 2 is 1.68 bits per heavy atom. The molecule has 0 saturated carbocycles. The van der Waals surface area contributed by atoms with E-state index in [1.807, 2.05) is 36.9 Å². The predicted octanol–water partition coefficient (Wildman–Crippen LogP) is 2.38. The van der Waals surface area contributed by atoms with Gasteiger partial charge in [-0.15, -0.1) is 0 Å². The average Bonchev–Trinajstić information content (AvgIpc) is 2.65. The van der Waals surface area contributed by atoms with Gasteiger partial charge in [0.25, 0.3) is 0 Å². The third-order valence-corrected chi connectivity index (χ3v) is 3.46. The molecule has 2 rings (SSSR count). The lowest BCUT2D eigenvalue weighted by Gasteiger charge is -2.17. The fraction of sp³-hybridized carbons (Fsp3) is 0.400. The van der Waals surface area contributed by atoms with Crippen LogP contribution in [0.3, 0.4) is 0 Å². The zero-order valence-corrected chi connectivity index (χ0v) is 11.8. The number of ether oxygens (including phenoxy) is 2. The van der Waals surface area contributed by atoms with Crippen LogP contribution >= 0.6 is 0 Å². The molecular weight excluding hydrogens is 242 g/mol. The second-order valence-corrected chi connectivity index (χ2v) is 4.79. The molecule has 0 fully saturated rings. The number of benzene rings is 1. The highest BCUT2D eigenvalue weighted by molar-refractivity contribution is 5.96. The molecule has 0 radical (unpaired) electrons. The topological polar surface area (TPSA) is 38.8 Å². The average molecular weight is 261 g/mol. The molecule has 0 spiro atoms. The van der Waals surface area contributed by atoms with E-state index >= 15 is 0 Å². The van der Waals surface area contributed by atoms with Crippen LogP contribution in [-0.2, 0) is 11.3 Å². The summed E-state index contributed by atoms with van der Waals surface area (Å²) >= 11 is 0. The third-order valence-electron chi connectivity index (χ3n) is 3.46. The van der Waals surface area contributed by atoms with Crippen LogP contribution in [0.4, 0.5) is 0 Å². The van der Waals surface area contributed by atoms with Gasteiger partial charge in [0, 0.05) is 24.7 Å². The second kappa shape index (κ2) is 5.34. The molecular formula is C15H19NO3. The molecule has 0 bridgehead atoms. The van der Waals surface area contributed by atoms with Crippen molar-refractivity contribution in [1.82, 2.24) is 4.90 Å². The number of methoxy groups -OCH3 is 2. The highest BCUT2D eigenvalue weighted by atomic mass is 16.5. The van der Waals surface area contributed by atoms with Crippen LogP contribution in [0.2, 0.25) is 0 Å². The van der Waals surface area contributed by atoms with Crippen molar-refractivity contribution in [2.24, 2.45) is 0 Å². The molecule has 0 aliphatic carbocycles. The van der Waals surface area contributed by atoms with E-state index in [0.717, 1.165) is 28.2 Å². The molecule has 1 aliphatic rings. The molecule has 1 aromatic carbocycles. The van der Waals surface area contributed by atoms with Crippen molar-refractivity contribution >= 4 is 5.91 Å². The van der Waals surface area contributed by atoms with Crippen LogP contribution < -0.4 is 9.47 Å². The monoisotopic (exact) mass is 261 g/mol. The van der Waals surface area contributed by atoms with Gasteiger partial charge < -0.3 is 14.4 Å². The van der Waals surface area contributed by atoms with Gasteiger partial charge >= 0.3 is 0 Å². The molecule has 19 heavy (non-hydrogen) atoms. The Morgan fingerprint density at radius 3 is 2.11 bits per heavy atom. The molecule has 1 amide bonds. The quantitative estimate of drug-likeness (QED) is 0.835. The van der Waals surface area contributed by atoms with E-state index in [-0.39, 0.29) is 5.91 Å². The Kier molecular flexibility index (Phi) is 3.79. The second-order valence-electron chi connectivity index (χ2n) is 4.79. The van der Waals surface area contributed by atoms with Crippen molar-refractivity contribution in [1.29, 1.82) is 0 Å². The minimum atomic E-state index is 0.110. The smallest absolute Gasteiger partial charge is 0.250 e. The first-order valence-corrected chi connectivity index (χ1v) is 6.22. The highest BCUT2D eigenvalue weighted by Gasteiger charge is 2.24. The van der Waals surface area contributed by atoms with Crippen LogP contribution in [0.25, 0.3) is 0 Å². The van der Waals surface area contributed by atoms with Crippen LogP contribution in [0, 0.1) is 0 Å². The Hall–Kier alpha value is -1.97. The molecule has 0 N–H and O–H groups in total. The Morgan fingerprint density at radius 1 is 1.11 bits per heavy atom. The zero-order valence-electron chi connectivity index (χ0n) is 11.8. The van der Waals surface area contributed by atoms with E-state index < -0.39 is 0 Å². The first-order valence-electron chi connectivity index (χ1n) is 6.22. The first kappa shape index (κ1) is 13.5. The van der Waals surface area contributed by atoms with Crippen LogP contribution in [0.5, 0.6) is 11.5 Å². The summed E-state index contributed by atoms with van der Waals surface area (Å²) in [4.78, 5) is 13.9. The van der Waals surface area contributed by atoms with Crippen molar-refractivity contribution in [3.63, 3.8) is 0 Å². The molecule has 102 valence electrons. The molecule has 4 nitrogen and oxygen atoms in total. The minimum absolute atomic E-state index is 0.110. The van der Waals surface area contributed by atoms with Gasteiger partial charge in [0.1, 0.15) is 11.5 Å². The van der Waals surface area contributed by atoms with Gasteiger partial charge in [0.15, 0.2) is 0 Å². The lowest BCUT2D eigenvalue weighted by molar-refractivity contribution is -0.125. The number of rotatable bonds is 4. The van der Waals surface area contributed by atoms with Gasteiger partial charge in [0.2, 0.25) is 5.91 Å². The number of amides is 1. The molecule has 4 heteroatoms. The number of carbonyl (C=O) groups is 1. The van der Waals surface area contributed by atoms with Gasteiger partial charge in [-0.2, -0.15) is 0 Å². The van der Waals surface area contributed by atoms with Crippen LogP contribution in [0.15, 0.2) is 29.3 Å². The molecule has 0 saturated heterocycles.